The predicted molar refractivity (Wildman–Crippen MR) is 112 cm³/mol. The summed E-state index contributed by atoms with van der Waals surface area (Å²) < 4.78 is 38.7. The van der Waals surface area contributed by atoms with Gasteiger partial charge in [-0.15, -0.1) is 11.3 Å². The van der Waals surface area contributed by atoms with E-state index in [9.17, 15) is 13.2 Å². The number of benzene rings is 1. The minimum atomic E-state index is -4.53. The van der Waals surface area contributed by atoms with Crippen molar-refractivity contribution < 1.29 is 13.2 Å². The number of hydrogen-bond donors (Lipinski definition) is 2. The number of hydrogen-bond acceptors (Lipinski definition) is 8. The van der Waals surface area contributed by atoms with Crippen molar-refractivity contribution in [3.63, 3.8) is 0 Å². The van der Waals surface area contributed by atoms with E-state index in [0.717, 1.165) is 39.0 Å². The molecule has 3 aromatic heterocycles. The number of rotatable bonds is 6. The van der Waals surface area contributed by atoms with E-state index in [-0.39, 0.29) is 5.95 Å². The lowest BCUT2D eigenvalue weighted by Crippen LogP contribution is -2.10. The molecule has 2 N–H and O–H groups in total. The van der Waals surface area contributed by atoms with Crippen molar-refractivity contribution in [2.75, 3.05) is 10.6 Å². The summed E-state index contributed by atoms with van der Waals surface area (Å²) in [7, 11) is 0. The SMILES string of the molecule is Cc1cc(Nc2nccc(C(F)(F)F)n2)cc(-c2cnc(CNc3cncnc3)s2)c1. The van der Waals surface area contributed by atoms with E-state index in [1.807, 2.05) is 25.1 Å². The normalized spacial score (nSPS) is 11.4. The van der Waals surface area contributed by atoms with Crippen molar-refractivity contribution in [3.8, 4) is 10.4 Å². The van der Waals surface area contributed by atoms with Crippen LogP contribution in [0.3, 0.4) is 0 Å². The van der Waals surface area contributed by atoms with Gasteiger partial charge < -0.3 is 10.6 Å². The van der Waals surface area contributed by atoms with Gasteiger partial charge in [0.05, 0.1) is 29.5 Å². The van der Waals surface area contributed by atoms with Gasteiger partial charge in [-0.1, -0.05) is 6.07 Å². The van der Waals surface area contributed by atoms with Crippen molar-refractivity contribution in [1.29, 1.82) is 0 Å². The second kappa shape index (κ2) is 8.64. The standard InChI is InChI=1S/C20H16F3N7S/c1-12-4-13(16-9-28-18(31-16)10-27-15-7-24-11-25-8-15)6-14(5-12)29-19-26-3-2-17(30-19)20(21,22)23/h2-9,11,27H,10H2,1H3,(H,26,29,30). The number of thiazole rings is 1. The summed E-state index contributed by atoms with van der Waals surface area (Å²) in [6, 6.07) is 6.45. The Balaban J connectivity index is 1.51. The van der Waals surface area contributed by atoms with Crippen LogP contribution in [0.1, 0.15) is 16.3 Å². The van der Waals surface area contributed by atoms with Crippen LogP contribution < -0.4 is 10.6 Å². The highest BCUT2D eigenvalue weighted by Crippen LogP contribution is 2.31. The zero-order chi connectivity index (χ0) is 21.8. The molecule has 1 aromatic carbocycles. The maximum absolute atomic E-state index is 12.9. The molecule has 0 saturated carbocycles. The van der Waals surface area contributed by atoms with Crippen LogP contribution in [0.15, 0.2) is 55.4 Å². The molecule has 0 radical (unpaired) electrons. The number of alkyl halides is 3. The highest BCUT2D eigenvalue weighted by Gasteiger charge is 2.32. The van der Waals surface area contributed by atoms with Gasteiger partial charge in [0.25, 0.3) is 0 Å². The maximum Gasteiger partial charge on any atom is 0.433 e. The molecule has 7 nitrogen and oxygen atoms in total. The third-order valence-electron chi connectivity index (χ3n) is 4.12. The second-order valence-corrected chi connectivity index (χ2v) is 7.69. The first kappa shape index (κ1) is 20.7. The highest BCUT2D eigenvalue weighted by atomic mass is 32.1. The first-order valence-electron chi connectivity index (χ1n) is 9.10. The van der Waals surface area contributed by atoms with Crippen LogP contribution in [-0.4, -0.2) is 24.9 Å². The van der Waals surface area contributed by atoms with Crippen LogP contribution >= 0.6 is 11.3 Å². The first-order chi connectivity index (χ1) is 14.9. The average molecular weight is 443 g/mol. The molecular formula is C20H16F3N7S. The lowest BCUT2D eigenvalue weighted by molar-refractivity contribution is -0.141. The zero-order valence-electron chi connectivity index (χ0n) is 16.2. The topological polar surface area (TPSA) is 88.5 Å². The molecule has 0 saturated heterocycles. The second-order valence-electron chi connectivity index (χ2n) is 6.57. The van der Waals surface area contributed by atoms with Gasteiger partial charge in [0.1, 0.15) is 17.0 Å². The fraction of sp³-hybridized carbons (Fsp3) is 0.150. The lowest BCUT2D eigenvalue weighted by Gasteiger charge is -2.10. The van der Waals surface area contributed by atoms with E-state index in [2.05, 4.69) is 35.6 Å². The number of nitrogens with one attached hydrogen (secondary N) is 2. The minimum Gasteiger partial charge on any atom is -0.376 e. The van der Waals surface area contributed by atoms with E-state index < -0.39 is 11.9 Å². The Hall–Kier alpha value is -3.60. The molecule has 4 rings (SSSR count). The van der Waals surface area contributed by atoms with Crippen LogP contribution in [0.4, 0.5) is 30.5 Å². The van der Waals surface area contributed by atoms with Crippen LogP contribution in [0.2, 0.25) is 0 Å². The summed E-state index contributed by atoms with van der Waals surface area (Å²) in [5, 5.41) is 6.93. The Morgan fingerprint density at radius 1 is 1.00 bits per heavy atom. The van der Waals surface area contributed by atoms with Crippen LogP contribution in [-0.2, 0) is 12.7 Å². The van der Waals surface area contributed by atoms with Gasteiger partial charge in [0.2, 0.25) is 5.95 Å². The Kier molecular flexibility index (Phi) is 5.76. The number of halogens is 3. The Morgan fingerprint density at radius 2 is 1.81 bits per heavy atom. The van der Waals surface area contributed by atoms with Crippen LogP contribution in [0, 0.1) is 6.92 Å². The van der Waals surface area contributed by atoms with Gasteiger partial charge in [0.15, 0.2) is 0 Å². The number of aryl methyl sites for hydroxylation is 1. The molecule has 0 aliphatic heterocycles. The molecule has 0 bridgehead atoms. The summed E-state index contributed by atoms with van der Waals surface area (Å²) in [6.45, 7) is 2.42. The summed E-state index contributed by atoms with van der Waals surface area (Å²) in [4.78, 5) is 20.7. The molecule has 0 amide bonds. The van der Waals surface area contributed by atoms with Gasteiger partial charge in [-0.05, 0) is 36.2 Å². The van der Waals surface area contributed by atoms with Crippen molar-refractivity contribution in [3.05, 3.63) is 71.6 Å². The highest BCUT2D eigenvalue weighted by molar-refractivity contribution is 7.15. The number of nitrogens with zero attached hydrogens (tertiary/aromatic N) is 5. The van der Waals surface area contributed by atoms with Gasteiger partial charge >= 0.3 is 6.18 Å². The summed E-state index contributed by atoms with van der Waals surface area (Å²) in [5.41, 5.74) is 2.20. The smallest absolute Gasteiger partial charge is 0.376 e. The van der Waals surface area contributed by atoms with Crippen molar-refractivity contribution in [2.45, 2.75) is 19.6 Å². The number of aromatic nitrogens is 5. The largest absolute Gasteiger partial charge is 0.433 e. The molecule has 0 atom stereocenters. The van der Waals surface area contributed by atoms with E-state index in [0.29, 0.717) is 12.2 Å². The molecule has 0 aliphatic rings. The summed E-state index contributed by atoms with van der Waals surface area (Å²) in [5.74, 6) is -0.120. The summed E-state index contributed by atoms with van der Waals surface area (Å²) in [6.07, 6.45) is 3.12. The third kappa shape index (κ3) is 5.31. The molecule has 0 aliphatic carbocycles. The first-order valence-corrected chi connectivity index (χ1v) is 9.91. The van der Waals surface area contributed by atoms with Crippen molar-refractivity contribution in [2.24, 2.45) is 0 Å². The van der Waals surface area contributed by atoms with Crippen LogP contribution in [0.25, 0.3) is 10.4 Å². The fourth-order valence-electron chi connectivity index (χ4n) is 2.80. The Labute approximate surface area is 179 Å². The minimum absolute atomic E-state index is 0.120. The van der Waals surface area contributed by atoms with Crippen molar-refractivity contribution in [1.82, 2.24) is 24.9 Å². The van der Waals surface area contributed by atoms with Gasteiger partial charge in [-0.25, -0.2) is 24.9 Å². The molecular weight excluding hydrogens is 427 g/mol. The molecule has 0 unspecified atom stereocenters. The fourth-order valence-corrected chi connectivity index (χ4v) is 3.64. The predicted octanol–water partition coefficient (Wildman–Crippen LogP) is 5.07. The quantitative estimate of drug-likeness (QED) is 0.430. The molecule has 0 fully saturated rings. The molecule has 158 valence electrons. The molecule has 31 heavy (non-hydrogen) atoms. The zero-order valence-corrected chi connectivity index (χ0v) is 17.0. The molecule has 11 heteroatoms. The van der Waals surface area contributed by atoms with Gasteiger partial charge in [-0.2, -0.15) is 13.2 Å². The van der Waals surface area contributed by atoms with E-state index in [4.69, 9.17) is 0 Å². The number of anilines is 3. The lowest BCUT2D eigenvalue weighted by atomic mass is 10.1. The monoisotopic (exact) mass is 443 g/mol. The van der Waals surface area contributed by atoms with Gasteiger partial charge in [0, 0.05) is 18.1 Å². The maximum atomic E-state index is 12.9. The molecule has 0 spiro atoms. The van der Waals surface area contributed by atoms with Crippen molar-refractivity contribution >= 4 is 28.7 Å². The molecule has 4 aromatic rings. The van der Waals surface area contributed by atoms with Crippen LogP contribution in [0.5, 0.6) is 0 Å². The average Bonchev–Trinajstić information content (AvgIpc) is 3.21. The van der Waals surface area contributed by atoms with E-state index >= 15 is 0 Å². The molecule has 3 heterocycles. The Bertz CT molecular complexity index is 1180. The van der Waals surface area contributed by atoms with E-state index in [1.165, 1.54) is 17.7 Å². The summed E-state index contributed by atoms with van der Waals surface area (Å²) >= 11 is 1.51. The van der Waals surface area contributed by atoms with Gasteiger partial charge in [-0.3, -0.25) is 0 Å². The van der Waals surface area contributed by atoms with E-state index in [1.54, 1.807) is 18.6 Å². The Morgan fingerprint density at radius 3 is 2.58 bits per heavy atom. The third-order valence-corrected chi connectivity index (χ3v) is 5.17.